The second-order valence-corrected chi connectivity index (χ2v) is 7.69. The molecule has 9 heteroatoms. The minimum absolute atomic E-state index is 0.143. The molecular formula is C24H29N3O6. The van der Waals surface area contributed by atoms with Crippen molar-refractivity contribution in [1.29, 1.82) is 0 Å². The van der Waals surface area contributed by atoms with E-state index in [1.54, 1.807) is 32.0 Å². The van der Waals surface area contributed by atoms with Gasteiger partial charge in [-0.3, -0.25) is 14.4 Å². The lowest BCUT2D eigenvalue weighted by molar-refractivity contribution is -0.148. The maximum atomic E-state index is 13.5. The van der Waals surface area contributed by atoms with Crippen molar-refractivity contribution in [1.82, 2.24) is 9.80 Å². The Morgan fingerprint density at radius 3 is 2.21 bits per heavy atom. The van der Waals surface area contributed by atoms with E-state index in [9.17, 15) is 19.2 Å². The zero-order chi connectivity index (χ0) is 24.0. The average molecular weight is 456 g/mol. The molecule has 0 aromatic heterocycles. The quantitative estimate of drug-likeness (QED) is 0.295. The number of hydrogen-bond acceptors (Lipinski definition) is 7. The Balaban J connectivity index is 1.84. The predicted octanol–water partition coefficient (Wildman–Crippen LogP) is 2.47. The van der Waals surface area contributed by atoms with Crippen molar-refractivity contribution < 1.29 is 28.7 Å². The number of nitrogens with zero attached hydrogens (tertiary/aromatic N) is 2. The van der Waals surface area contributed by atoms with E-state index in [-0.39, 0.29) is 57.1 Å². The first-order valence-corrected chi connectivity index (χ1v) is 11.0. The highest BCUT2D eigenvalue weighted by Gasteiger charge is 2.36. The van der Waals surface area contributed by atoms with Crippen LogP contribution in [0.1, 0.15) is 30.6 Å². The van der Waals surface area contributed by atoms with E-state index >= 15 is 0 Å². The van der Waals surface area contributed by atoms with Gasteiger partial charge in [-0.2, -0.15) is 0 Å². The van der Waals surface area contributed by atoms with Crippen LogP contribution < -0.4 is 5.73 Å². The molecule has 2 N–H and O–H groups in total. The number of anilines is 1. The molecular weight excluding hydrogens is 426 g/mol. The van der Waals surface area contributed by atoms with Crippen LogP contribution in [0.3, 0.4) is 0 Å². The molecule has 3 rings (SSSR count). The van der Waals surface area contributed by atoms with Gasteiger partial charge in [0.05, 0.1) is 25.3 Å². The third kappa shape index (κ3) is 5.42. The van der Waals surface area contributed by atoms with Crippen LogP contribution in [0.2, 0.25) is 0 Å². The van der Waals surface area contributed by atoms with E-state index in [1.807, 2.05) is 18.2 Å². The van der Waals surface area contributed by atoms with Gasteiger partial charge in [0.2, 0.25) is 5.91 Å². The summed E-state index contributed by atoms with van der Waals surface area (Å²) in [5.41, 5.74) is 6.75. The summed E-state index contributed by atoms with van der Waals surface area (Å²) in [5, 5.41) is 1.57. The van der Waals surface area contributed by atoms with E-state index in [1.165, 1.54) is 9.80 Å². The number of nitrogens with two attached hydrogens (primary N) is 1. The van der Waals surface area contributed by atoms with Crippen LogP contribution in [0.4, 0.5) is 10.5 Å². The molecule has 176 valence electrons. The molecule has 1 saturated heterocycles. The lowest BCUT2D eigenvalue weighted by Crippen LogP contribution is -2.53. The lowest BCUT2D eigenvalue weighted by Gasteiger charge is -2.35. The molecule has 1 heterocycles. The molecule has 2 aromatic carbocycles. The molecule has 0 aliphatic carbocycles. The number of fused-ring (bicyclic) bond motifs is 1. The number of ether oxygens (including phenoxy) is 2. The van der Waals surface area contributed by atoms with Crippen molar-refractivity contribution >= 4 is 40.2 Å². The Bertz CT molecular complexity index is 1050. The third-order valence-corrected chi connectivity index (χ3v) is 5.64. The Labute approximate surface area is 192 Å². The second-order valence-electron chi connectivity index (χ2n) is 7.69. The van der Waals surface area contributed by atoms with E-state index in [2.05, 4.69) is 0 Å². The number of esters is 1. The van der Waals surface area contributed by atoms with Crippen molar-refractivity contribution in [3.8, 4) is 0 Å². The first-order chi connectivity index (χ1) is 15.9. The summed E-state index contributed by atoms with van der Waals surface area (Å²) in [6.45, 7) is 4.82. The summed E-state index contributed by atoms with van der Waals surface area (Å²) in [7, 11) is 0. The molecule has 33 heavy (non-hydrogen) atoms. The van der Waals surface area contributed by atoms with Crippen LogP contribution in [0.15, 0.2) is 36.4 Å². The highest BCUT2D eigenvalue weighted by atomic mass is 16.6. The summed E-state index contributed by atoms with van der Waals surface area (Å²) in [6.07, 6.45) is -0.816. The van der Waals surface area contributed by atoms with Crippen molar-refractivity contribution in [2.24, 2.45) is 5.92 Å². The van der Waals surface area contributed by atoms with Gasteiger partial charge in [-0.05, 0) is 25.3 Å². The highest BCUT2D eigenvalue weighted by Crippen LogP contribution is 2.28. The van der Waals surface area contributed by atoms with Crippen LogP contribution in [0.5, 0.6) is 0 Å². The molecule has 9 nitrogen and oxygen atoms in total. The molecule has 0 spiro atoms. The molecule has 0 saturated carbocycles. The van der Waals surface area contributed by atoms with E-state index in [0.29, 0.717) is 5.39 Å². The first-order valence-electron chi connectivity index (χ1n) is 11.0. The third-order valence-electron chi connectivity index (χ3n) is 5.64. The molecule has 2 aromatic rings. The molecule has 2 amide bonds. The Kier molecular flexibility index (Phi) is 7.87. The van der Waals surface area contributed by atoms with E-state index in [0.717, 1.165) is 5.39 Å². The Morgan fingerprint density at radius 2 is 1.55 bits per heavy atom. The van der Waals surface area contributed by atoms with Gasteiger partial charge < -0.3 is 25.0 Å². The minimum Gasteiger partial charge on any atom is -0.466 e. The minimum atomic E-state index is -1.26. The predicted molar refractivity (Wildman–Crippen MR) is 123 cm³/mol. The van der Waals surface area contributed by atoms with Crippen LogP contribution in [0, 0.1) is 5.92 Å². The summed E-state index contributed by atoms with van der Waals surface area (Å²) >= 11 is 0. The van der Waals surface area contributed by atoms with Crippen molar-refractivity contribution in [2.45, 2.75) is 20.3 Å². The zero-order valence-electron chi connectivity index (χ0n) is 18.9. The second kappa shape index (κ2) is 10.8. The van der Waals surface area contributed by atoms with Crippen molar-refractivity contribution in [3.63, 3.8) is 0 Å². The van der Waals surface area contributed by atoms with Gasteiger partial charge in [0.25, 0.3) is 0 Å². The average Bonchev–Trinajstić information content (AvgIpc) is 2.82. The molecule has 1 fully saturated rings. The van der Waals surface area contributed by atoms with E-state index in [4.69, 9.17) is 15.2 Å². The fourth-order valence-corrected chi connectivity index (χ4v) is 3.92. The molecule has 1 unspecified atom stereocenters. The van der Waals surface area contributed by atoms with E-state index < -0.39 is 29.7 Å². The molecule has 1 aliphatic rings. The van der Waals surface area contributed by atoms with Gasteiger partial charge in [-0.15, -0.1) is 0 Å². The maximum absolute atomic E-state index is 13.5. The first kappa shape index (κ1) is 24.0. The Hall–Kier alpha value is -3.62. The number of hydrogen-bond donors (Lipinski definition) is 1. The zero-order valence-corrected chi connectivity index (χ0v) is 18.9. The van der Waals surface area contributed by atoms with Crippen molar-refractivity contribution in [2.75, 3.05) is 45.1 Å². The Morgan fingerprint density at radius 1 is 0.909 bits per heavy atom. The topological polar surface area (TPSA) is 119 Å². The number of benzene rings is 2. The van der Waals surface area contributed by atoms with Crippen LogP contribution in [0.25, 0.3) is 10.8 Å². The van der Waals surface area contributed by atoms with Crippen LogP contribution in [-0.4, -0.2) is 72.9 Å². The van der Waals surface area contributed by atoms with Crippen molar-refractivity contribution in [3.05, 3.63) is 42.0 Å². The number of carbonyl (C=O) groups is 4. The van der Waals surface area contributed by atoms with Gasteiger partial charge in [-0.25, -0.2) is 4.79 Å². The fraction of sp³-hybridized carbons (Fsp3) is 0.417. The smallest absolute Gasteiger partial charge is 0.409 e. The normalized spacial score (nSPS) is 14.6. The molecule has 0 radical (unpaired) electrons. The van der Waals surface area contributed by atoms with Gasteiger partial charge in [0.1, 0.15) is 5.92 Å². The number of piperazine rings is 1. The van der Waals surface area contributed by atoms with Crippen LogP contribution >= 0.6 is 0 Å². The highest BCUT2D eigenvalue weighted by molar-refractivity contribution is 6.16. The number of amides is 2. The largest absolute Gasteiger partial charge is 0.466 e. The van der Waals surface area contributed by atoms with Gasteiger partial charge >= 0.3 is 12.1 Å². The number of nitrogen functional groups attached to an aromatic ring is 1. The molecule has 1 atom stereocenters. The summed E-state index contributed by atoms with van der Waals surface area (Å²) < 4.78 is 10.0. The number of rotatable bonds is 7. The lowest BCUT2D eigenvalue weighted by atomic mass is 9.90. The van der Waals surface area contributed by atoms with Crippen LogP contribution in [-0.2, 0) is 19.1 Å². The van der Waals surface area contributed by atoms with Gasteiger partial charge in [0.15, 0.2) is 5.78 Å². The standard InChI is InChI=1S/C24H29N3O6/c1-3-32-20(28)15-19(23(30)26-11-13-27(14-12-26)24(31)33-4-2)22(29)18-10-9-16-7-5-6-8-17(16)21(18)25/h5-10,19H,3-4,11-15,25H2,1-2H3. The summed E-state index contributed by atoms with van der Waals surface area (Å²) in [4.78, 5) is 54.0. The number of carbonyl (C=O) groups excluding carboxylic acids is 4. The van der Waals surface area contributed by atoms with Gasteiger partial charge in [0, 0.05) is 37.1 Å². The molecule has 1 aliphatic heterocycles. The SMILES string of the molecule is CCOC(=O)CC(C(=O)c1ccc2ccccc2c1N)C(=O)N1CCN(C(=O)OCC)CC1. The number of Topliss-reactive ketones (excluding diaryl/α,β-unsaturated/α-hetero) is 1. The molecule has 0 bridgehead atoms. The summed E-state index contributed by atoms with van der Waals surface area (Å²) in [5.74, 6) is -2.90. The maximum Gasteiger partial charge on any atom is 0.409 e. The fourth-order valence-electron chi connectivity index (χ4n) is 3.92. The monoisotopic (exact) mass is 455 g/mol. The number of ketones is 1. The van der Waals surface area contributed by atoms with Gasteiger partial charge in [-0.1, -0.05) is 30.3 Å². The summed E-state index contributed by atoms with van der Waals surface area (Å²) in [6, 6.07) is 10.7.